The Morgan fingerprint density at radius 2 is 1.51 bits per heavy atom. The first-order valence-electron chi connectivity index (χ1n) is 20.7. The van der Waals surface area contributed by atoms with Gasteiger partial charge in [-0.3, -0.25) is 9.59 Å². The first-order chi connectivity index (χ1) is 29.7. The number of halogens is 2. The molecule has 2 saturated carbocycles. The summed E-state index contributed by atoms with van der Waals surface area (Å²) in [7, 11) is 4.14. The van der Waals surface area contributed by atoms with Crippen molar-refractivity contribution in [3.8, 4) is 33.5 Å². The molecule has 334 valence electrons. The molecule has 3 aromatic carbocycles. The van der Waals surface area contributed by atoms with Gasteiger partial charge in [-0.1, -0.05) is 44.7 Å². The van der Waals surface area contributed by atoms with Gasteiger partial charge in [0, 0.05) is 49.0 Å². The Kier molecular flexibility index (Phi) is 12.9. The van der Waals surface area contributed by atoms with E-state index < -0.39 is 18.1 Å². The fraction of sp³-hybridized carbons (Fsp3) is 0.435. The number of hydrogen-bond acceptors (Lipinski definition) is 9. The van der Waals surface area contributed by atoms with Crippen molar-refractivity contribution in [3.63, 3.8) is 0 Å². The molecule has 0 radical (unpaired) electrons. The van der Waals surface area contributed by atoms with Crippen LogP contribution in [0.25, 0.3) is 44.5 Å². The molecule has 0 spiro atoms. The highest BCUT2D eigenvalue weighted by Crippen LogP contribution is 2.53. The molecule has 2 aromatic heterocycles. The van der Waals surface area contributed by atoms with E-state index in [-0.39, 0.29) is 73.5 Å². The van der Waals surface area contributed by atoms with E-state index in [9.17, 15) is 19.2 Å². The minimum Gasteiger partial charge on any atom is -0.453 e. The second kappa shape index (κ2) is 18.2. The van der Waals surface area contributed by atoms with Crippen LogP contribution in [0.4, 0.5) is 18.4 Å². The second-order valence-corrected chi connectivity index (χ2v) is 16.8. The number of ether oxygens (including phenoxy) is 3. The Labute approximate surface area is 364 Å². The van der Waals surface area contributed by atoms with Gasteiger partial charge in [-0.2, -0.15) is 8.78 Å². The molecular weight excluding hydrogens is 815 g/mol. The van der Waals surface area contributed by atoms with Crippen molar-refractivity contribution < 1.29 is 42.2 Å². The van der Waals surface area contributed by atoms with Gasteiger partial charge in [0.25, 0.3) is 5.92 Å². The van der Waals surface area contributed by atoms with Crippen molar-refractivity contribution in [2.45, 2.75) is 77.5 Å². The van der Waals surface area contributed by atoms with Crippen LogP contribution in [0.5, 0.6) is 0 Å². The summed E-state index contributed by atoms with van der Waals surface area (Å²) in [6, 6.07) is 15.8. The number of carbonyl (C=O) groups is 4. The van der Waals surface area contributed by atoms with E-state index >= 15 is 8.78 Å². The number of methoxy groups -OCH3 is 3. The number of amides is 4. The summed E-state index contributed by atoms with van der Waals surface area (Å²) < 4.78 is 47.9. The lowest BCUT2D eigenvalue weighted by Crippen LogP contribution is -2.42. The van der Waals surface area contributed by atoms with Crippen LogP contribution < -0.4 is 16.0 Å². The molecule has 5 aromatic rings. The van der Waals surface area contributed by atoms with Gasteiger partial charge >= 0.3 is 12.2 Å². The molecule has 4 amide bonds. The van der Waals surface area contributed by atoms with Gasteiger partial charge in [-0.25, -0.2) is 19.6 Å². The number of fused-ring (bicyclic) bond motifs is 4. The van der Waals surface area contributed by atoms with E-state index in [1.54, 1.807) is 42.5 Å². The van der Waals surface area contributed by atoms with Crippen molar-refractivity contribution in [3.05, 3.63) is 83.6 Å². The Balaban J connectivity index is 0.00000595. The average Bonchev–Trinajstić information content (AvgIpc) is 3.68. The summed E-state index contributed by atoms with van der Waals surface area (Å²) in [5, 5.41) is 7.80. The zero-order valence-electron chi connectivity index (χ0n) is 35.0. The predicted molar refractivity (Wildman–Crippen MR) is 232 cm³/mol. The third kappa shape index (κ3) is 9.67. The molecule has 8 rings (SSSR count). The summed E-state index contributed by atoms with van der Waals surface area (Å²) in [6.45, 7) is 2.38. The number of aromatic nitrogens is 4. The molecule has 15 nitrogen and oxygen atoms in total. The number of alkyl carbamates (subject to hydrolysis) is 2. The topological polar surface area (TPSA) is 193 Å². The number of rotatable bonds is 15. The maximum atomic E-state index is 16.4. The van der Waals surface area contributed by atoms with Gasteiger partial charge in [0.1, 0.15) is 24.7 Å². The highest BCUT2D eigenvalue weighted by molar-refractivity contribution is 5.87. The highest BCUT2D eigenvalue weighted by Gasteiger charge is 2.45. The molecule has 3 atom stereocenters. The maximum Gasteiger partial charge on any atom is 0.407 e. The lowest BCUT2D eigenvalue weighted by atomic mass is 9.97. The molecule has 0 aliphatic heterocycles. The summed E-state index contributed by atoms with van der Waals surface area (Å²) in [6.07, 6.45) is 5.02. The number of nitrogens with zero attached hydrogens (tertiary/aromatic N) is 3. The Morgan fingerprint density at radius 1 is 0.857 bits per heavy atom. The first kappa shape index (κ1) is 44.7. The van der Waals surface area contributed by atoms with E-state index in [1.807, 2.05) is 24.3 Å². The molecule has 0 saturated heterocycles. The van der Waals surface area contributed by atoms with Crippen molar-refractivity contribution in [2.75, 3.05) is 41.0 Å². The van der Waals surface area contributed by atoms with E-state index in [0.717, 1.165) is 54.5 Å². The predicted octanol–water partition coefficient (Wildman–Crippen LogP) is 7.06. The molecule has 0 bridgehead atoms. The fourth-order valence-corrected chi connectivity index (χ4v) is 8.69. The second-order valence-electron chi connectivity index (χ2n) is 16.8. The van der Waals surface area contributed by atoms with Gasteiger partial charge < -0.3 is 45.0 Å². The highest BCUT2D eigenvalue weighted by atomic mass is 19.3. The van der Waals surface area contributed by atoms with Crippen LogP contribution in [0.1, 0.15) is 69.2 Å². The maximum absolute atomic E-state index is 16.4. The molecule has 17 heteroatoms. The zero-order valence-corrected chi connectivity index (χ0v) is 35.0. The molecule has 2 heterocycles. The third-order valence-corrected chi connectivity index (χ3v) is 12.4. The van der Waals surface area contributed by atoms with Gasteiger partial charge in [-0.05, 0) is 90.0 Å². The number of hydrogen-bond donors (Lipinski definition) is 5. The molecule has 63 heavy (non-hydrogen) atoms. The van der Waals surface area contributed by atoms with Crippen molar-refractivity contribution in [2.24, 2.45) is 11.3 Å². The van der Waals surface area contributed by atoms with Crippen LogP contribution in [-0.4, -0.2) is 102 Å². The number of H-pyrrole nitrogens is 2. The first-order valence-corrected chi connectivity index (χ1v) is 20.7. The minimum atomic E-state index is -3.27. The number of imidazole rings is 2. The average molecular weight is 869 g/mol. The van der Waals surface area contributed by atoms with E-state index in [1.165, 1.54) is 20.3 Å². The molecule has 2 fully saturated rings. The molecule has 3 aliphatic carbocycles. The van der Waals surface area contributed by atoms with Crippen molar-refractivity contribution >= 4 is 35.0 Å². The number of nitrogens with one attached hydrogen (secondary N) is 5. The largest absolute Gasteiger partial charge is 0.453 e. The van der Waals surface area contributed by atoms with E-state index in [0.29, 0.717) is 46.7 Å². The van der Waals surface area contributed by atoms with Crippen LogP contribution in [0, 0.1) is 11.3 Å². The quantitative estimate of drug-likeness (QED) is 0.0733. The van der Waals surface area contributed by atoms with E-state index in [4.69, 9.17) is 9.72 Å². The van der Waals surface area contributed by atoms with Crippen LogP contribution in [-0.2, 0) is 42.7 Å². The monoisotopic (exact) mass is 868 g/mol. The van der Waals surface area contributed by atoms with Crippen molar-refractivity contribution in [1.82, 2.24) is 40.8 Å². The Hall–Kier alpha value is -6.36. The zero-order chi connectivity index (χ0) is 43.8. The van der Waals surface area contributed by atoms with Gasteiger partial charge in [-0.15, -0.1) is 0 Å². The lowest BCUT2D eigenvalue weighted by Gasteiger charge is -2.25. The van der Waals surface area contributed by atoms with Crippen LogP contribution in [0.3, 0.4) is 0 Å². The molecular formula is C46H54F2N8O7. The normalized spacial score (nSPS) is 18.1. The van der Waals surface area contributed by atoms with Gasteiger partial charge in [0.2, 0.25) is 11.8 Å². The standard InChI is InChI=1S/C45H50F2N8O7.CH4/c1-44(13-14-44)24-55(41(57)22-50-43(59)62-4)23-39-48-20-36(54-39)27-7-11-31-30-10-6-25(16-32(30)45(46,47)33(31)17-27)26-8-12-34-35(18-26)53-38(52-34)19-37(60-2)28-5-9-29(15-28)51-40(56)21-49-42(58)61-3;/h6-8,10-12,16-18,20,28-29,37H,5,9,13-15,19,21-24H2,1-4H3,(H,48,54)(H,49,58)(H,50,59)(H,51,56)(H,52,53);1H4/t28-,29+,37?;/m0./s1. The van der Waals surface area contributed by atoms with Crippen LogP contribution >= 0.6 is 0 Å². The van der Waals surface area contributed by atoms with E-state index in [2.05, 4.69) is 47.3 Å². The Bertz CT molecular complexity index is 2520. The lowest BCUT2D eigenvalue weighted by molar-refractivity contribution is -0.131. The SMILES string of the molecule is C.COC(=O)NCC(=O)N[C@@H]1CC[C@H](C(Cc2nc3ccc(-c4ccc5c(c4)C(F)(F)c4cc(-c6c[nH]c(CN(CC7(C)CC7)C(=O)CNC(=O)OC)n6)ccc4-5)cc3[nH]2)OC)C1. The third-order valence-electron chi connectivity index (χ3n) is 12.4. The fourth-order valence-electron chi connectivity index (χ4n) is 8.69. The summed E-state index contributed by atoms with van der Waals surface area (Å²) in [5.41, 5.74) is 4.64. The van der Waals surface area contributed by atoms with Crippen LogP contribution in [0.2, 0.25) is 0 Å². The summed E-state index contributed by atoms with van der Waals surface area (Å²) >= 11 is 0. The number of aromatic amines is 2. The van der Waals surface area contributed by atoms with Gasteiger partial charge in [0.15, 0.2) is 0 Å². The number of carbonyl (C=O) groups excluding carboxylic acids is 4. The summed E-state index contributed by atoms with van der Waals surface area (Å²) in [5.74, 6) is -2.42. The van der Waals surface area contributed by atoms with Gasteiger partial charge in [0.05, 0.1) is 43.6 Å². The minimum absolute atomic E-state index is 0. The van der Waals surface area contributed by atoms with Crippen molar-refractivity contribution in [1.29, 1.82) is 0 Å². The molecule has 3 aliphatic rings. The van der Waals surface area contributed by atoms with Crippen LogP contribution in [0.15, 0.2) is 60.8 Å². The Morgan fingerprint density at radius 3 is 2.19 bits per heavy atom. The smallest absolute Gasteiger partial charge is 0.407 e. The number of benzene rings is 3. The molecule has 1 unspecified atom stereocenters. The number of alkyl halides is 2. The summed E-state index contributed by atoms with van der Waals surface area (Å²) in [4.78, 5) is 65.9. The molecule has 5 N–H and O–H groups in total.